The van der Waals surface area contributed by atoms with Crippen LogP contribution in [0.2, 0.25) is 0 Å². The number of rotatable bonds is 18. The fraction of sp³-hybridized carbons (Fsp3) is 0.947. The summed E-state index contributed by atoms with van der Waals surface area (Å²) in [5.41, 5.74) is 0. The third-order valence-corrected chi connectivity index (χ3v) is 7.20. The Kier molecular flexibility index (Phi) is 16.9. The summed E-state index contributed by atoms with van der Waals surface area (Å²) in [6.45, 7) is 14.1. The minimum absolute atomic E-state index is 0.120. The van der Waals surface area contributed by atoms with Crippen molar-refractivity contribution >= 4 is 27.5 Å². The summed E-state index contributed by atoms with van der Waals surface area (Å²) >= 11 is 0. The molecular formula is C19H40N2O4S2. The van der Waals surface area contributed by atoms with Crippen LogP contribution in [0.15, 0.2) is 0 Å². The molecule has 0 aliphatic carbocycles. The highest BCUT2D eigenvalue weighted by Gasteiger charge is 2.24. The minimum atomic E-state index is 0.120. The molecule has 6 nitrogen and oxygen atoms in total. The van der Waals surface area contributed by atoms with E-state index < -0.39 is 0 Å². The number of carbonyl (C=O) groups excluding carboxylic acids is 1. The summed E-state index contributed by atoms with van der Waals surface area (Å²) in [6.07, 6.45) is 1.52. The Balaban J connectivity index is 3.96. The van der Waals surface area contributed by atoms with Gasteiger partial charge in [0.15, 0.2) is 0 Å². The summed E-state index contributed by atoms with van der Waals surface area (Å²) in [4.78, 5) is 13.7. The molecule has 0 saturated heterocycles. The fourth-order valence-corrected chi connectivity index (χ4v) is 4.90. The smallest absolute Gasteiger partial charge is 0.219 e. The average Bonchev–Trinajstić information content (AvgIpc) is 2.62. The minimum Gasteiger partial charge on any atom is -0.382 e. The van der Waals surface area contributed by atoms with Crippen LogP contribution < -0.4 is 5.32 Å². The Hall–Kier alpha value is 0.01000. The van der Waals surface area contributed by atoms with Crippen molar-refractivity contribution in [3.8, 4) is 0 Å². The third kappa shape index (κ3) is 16.6. The van der Waals surface area contributed by atoms with E-state index in [-0.39, 0.29) is 10.7 Å². The Bertz CT molecular complexity index is 372. The molecule has 0 aliphatic heterocycles. The third-order valence-electron chi connectivity index (χ3n) is 3.84. The van der Waals surface area contributed by atoms with E-state index in [4.69, 9.17) is 14.2 Å². The zero-order chi connectivity index (χ0) is 20.5. The van der Waals surface area contributed by atoms with Crippen molar-refractivity contribution in [2.24, 2.45) is 0 Å². The van der Waals surface area contributed by atoms with E-state index in [0.29, 0.717) is 45.5 Å². The number of ether oxygens (including phenoxy) is 3. The molecule has 27 heavy (non-hydrogen) atoms. The van der Waals surface area contributed by atoms with E-state index in [1.54, 1.807) is 14.2 Å². The van der Waals surface area contributed by atoms with Gasteiger partial charge in [0.2, 0.25) is 5.91 Å². The molecule has 0 spiro atoms. The molecule has 0 aromatic heterocycles. The van der Waals surface area contributed by atoms with Gasteiger partial charge in [0.25, 0.3) is 0 Å². The molecule has 1 N–H and O–H groups in total. The predicted molar refractivity (Wildman–Crippen MR) is 118 cm³/mol. The summed E-state index contributed by atoms with van der Waals surface area (Å²) in [5, 5.41) is 2.66. The van der Waals surface area contributed by atoms with E-state index in [2.05, 4.69) is 37.9 Å². The first-order chi connectivity index (χ1) is 12.8. The number of nitrogens with zero attached hydrogens (tertiary/aromatic N) is 1. The topological polar surface area (TPSA) is 60.0 Å². The molecule has 0 bridgehead atoms. The summed E-state index contributed by atoms with van der Waals surface area (Å²) < 4.78 is 16.2. The molecule has 8 heteroatoms. The highest BCUT2D eigenvalue weighted by atomic mass is 33.1. The molecule has 0 aromatic rings. The van der Waals surface area contributed by atoms with Crippen LogP contribution in [0.3, 0.4) is 0 Å². The van der Waals surface area contributed by atoms with Crippen molar-refractivity contribution in [2.45, 2.75) is 51.3 Å². The maximum atomic E-state index is 11.2. The van der Waals surface area contributed by atoms with Crippen LogP contribution in [0.25, 0.3) is 0 Å². The van der Waals surface area contributed by atoms with Crippen molar-refractivity contribution < 1.29 is 19.0 Å². The molecule has 162 valence electrons. The molecule has 0 radical (unpaired) electrons. The number of amides is 1. The molecule has 0 heterocycles. The van der Waals surface area contributed by atoms with Crippen molar-refractivity contribution in [2.75, 3.05) is 66.0 Å². The second kappa shape index (κ2) is 16.9. The quantitative estimate of drug-likeness (QED) is 0.268. The Labute approximate surface area is 174 Å². The van der Waals surface area contributed by atoms with Crippen molar-refractivity contribution in [1.82, 2.24) is 10.2 Å². The number of hydrogen-bond acceptors (Lipinski definition) is 7. The van der Waals surface area contributed by atoms with Gasteiger partial charge in [0.1, 0.15) is 0 Å². The van der Waals surface area contributed by atoms with Gasteiger partial charge in [-0.1, -0.05) is 21.6 Å². The monoisotopic (exact) mass is 424 g/mol. The lowest BCUT2D eigenvalue weighted by Gasteiger charge is -2.34. The number of methoxy groups -OCH3 is 1. The highest BCUT2D eigenvalue weighted by Crippen LogP contribution is 2.37. The SMILES string of the molecule is CNC(=O)CCCSSC(C)(C)CN(CCOCCOCCOC)C(C)C. The van der Waals surface area contributed by atoms with Crippen molar-refractivity contribution in [3.05, 3.63) is 0 Å². The van der Waals surface area contributed by atoms with Gasteiger partial charge in [-0.05, 0) is 34.1 Å². The normalized spacial score (nSPS) is 12.1. The lowest BCUT2D eigenvalue weighted by molar-refractivity contribution is -0.120. The number of carbonyl (C=O) groups is 1. The van der Waals surface area contributed by atoms with Gasteiger partial charge < -0.3 is 19.5 Å². The maximum Gasteiger partial charge on any atom is 0.219 e. The van der Waals surface area contributed by atoms with Crippen molar-refractivity contribution in [3.63, 3.8) is 0 Å². The molecule has 0 aromatic carbocycles. The summed E-state index contributed by atoms with van der Waals surface area (Å²) in [6, 6.07) is 0.477. The van der Waals surface area contributed by atoms with E-state index in [9.17, 15) is 4.79 Å². The zero-order valence-electron chi connectivity index (χ0n) is 18.0. The predicted octanol–water partition coefficient (Wildman–Crippen LogP) is 3.06. The first-order valence-corrected chi connectivity index (χ1v) is 12.0. The van der Waals surface area contributed by atoms with Gasteiger partial charge >= 0.3 is 0 Å². The Morgan fingerprint density at radius 2 is 1.74 bits per heavy atom. The van der Waals surface area contributed by atoms with Crippen LogP contribution >= 0.6 is 21.6 Å². The first kappa shape index (κ1) is 27.0. The molecule has 0 fully saturated rings. The summed E-state index contributed by atoms with van der Waals surface area (Å²) in [5.74, 6) is 1.12. The van der Waals surface area contributed by atoms with Crippen LogP contribution in [-0.4, -0.2) is 87.6 Å². The Morgan fingerprint density at radius 1 is 1.11 bits per heavy atom. The molecule has 0 rings (SSSR count). The number of nitrogens with one attached hydrogen (secondary N) is 1. The second-order valence-electron chi connectivity index (χ2n) is 7.22. The molecule has 0 aliphatic rings. The van der Waals surface area contributed by atoms with Gasteiger partial charge in [-0.2, -0.15) is 0 Å². The van der Waals surface area contributed by atoms with E-state index in [0.717, 1.165) is 25.3 Å². The molecule has 0 atom stereocenters. The van der Waals surface area contributed by atoms with E-state index in [1.165, 1.54) is 0 Å². The molecular weight excluding hydrogens is 384 g/mol. The van der Waals surface area contributed by atoms with Crippen LogP contribution in [0.4, 0.5) is 0 Å². The van der Waals surface area contributed by atoms with Gasteiger partial charge in [-0.3, -0.25) is 9.69 Å². The van der Waals surface area contributed by atoms with E-state index in [1.807, 2.05) is 21.6 Å². The van der Waals surface area contributed by atoms with Gasteiger partial charge in [0, 0.05) is 50.2 Å². The van der Waals surface area contributed by atoms with Gasteiger partial charge in [-0.25, -0.2) is 0 Å². The summed E-state index contributed by atoms with van der Waals surface area (Å²) in [7, 11) is 7.13. The second-order valence-corrected chi connectivity index (χ2v) is 10.3. The fourth-order valence-electron chi connectivity index (χ4n) is 2.30. The Morgan fingerprint density at radius 3 is 2.33 bits per heavy atom. The van der Waals surface area contributed by atoms with Crippen LogP contribution in [0.5, 0.6) is 0 Å². The lowest BCUT2D eigenvalue weighted by atomic mass is 10.1. The van der Waals surface area contributed by atoms with Gasteiger partial charge in [-0.15, -0.1) is 0 Å². The average molecular weight is 425 g/mol. The zero-order valence-corrected chi connectivity index (χ0v) is 19.7. The highest BCUT2D eigenvalue weighted by molar-refractivity contribution is 8.77. The molecule has 1 amide bonds. The van der Waals surface area contributed by atoms with Crippen molar-refractivity contribution in [1.29, 1.82) is 0 Å². The maximum absolute atomic E-state index is 11.2. The first-order valence-electron chi connectivity index (χ1n) is 9.72. The lowest BCUT2D eigenvalue weighted by Crippen LogP contribution is -2.42. The van der Waals surface area contributed by atoms with Gasteiger partial charge in [0.05, 0.1) is 33.0 Å². The largest absolute Gasteiger partial charge is 0.382 e. The van der Waals surface area contributed by atoms with E-state index >= 15 is 0 Å². The van der Waals surface area contributed by atoms with Crippen LogP contribution in [-0.2, 0) is 19.0 Å². The standard InChI is InChI=1S/C19H40N2O4S2/c1-17(2)21(9-10-24-13-14-25-12-11-23-6)16-19(3,4)27-26-15-7-8-18(22)20-5/h17H,7-16H2,1-6H3,(H,20,22). The molecule has 0 saturated carbocycles. The van der Waals surface area contributed by atoms with Crippen LogP contribution in [0, 0.1) is 0 Å². The molecule has 0 unspecified atom stereocenters. The van der Waals surface area contributed by atoms with Crippen LogP contribution in [0.1, 0.15) is 40.5 Å². The number of hydrogen-bond donors (Lipinski definition) is 1.